The Morgan fingerprint density at radius 2 is 2.08 bits per heavy atom. The van der Waals surface area contributed by atoms with Crippen LogP contribution in [0.4, 0.5) is 11.5 Å². The summed E-state index contributed by atoms with van der Waals surface area (Å²) < 4.78 is 0. The molecule has 0 bridgehead atoms. The van der Waals surface area contributed by atoms with E-state index >= 15 is 0 Å². The zero-order chi connectivity index (χ0) is 9.14. The van der Waals surface area contributed by atoms with Crippen LogP contribution in [0.25, 0.3) is 0 Å². The summed E-state index contributed by atoms with van der Waals surface area (Å²) in [6.45, 7) is 0. The van der Waals surface area contributed by atoms with Crippen LogP contribution in [0.5, 0.6) is 0 Å². The van der Waals surface area contributed by atoms with E-state index in [4.69, 9.17) is 11.6 Å². The topological polar surface area (TPSA) is 41.1 Å². The van der Waals surface area contributed by atoms with E-state index in [-0.39, 0.29) is 0 Å². The molecule has 12 heavy (non-hydrogen) atoms. The van der Waals surface area contributed by atoms with Gasteiger partial charge in [-0.3, -0.25) is 0 Å². The molecule has 0 saturated heterocycles. The lowest BCUT2D eigenvalue weighted by molar-refractivity contribution is 1.04. The van der Waals surface area contributed by atoms with Gasteiger partial charge >= 0.3 is 0 Å². The third-order valence-corrected chi connectivity index (χ3v) is 1.74. The molecule has 66 valence electrons. The molecule has 1 aromatic rings. The molecule has 1 N–H and O–H groups in total. The second-order valence-corrected chi connectivity index (χ2v) is 2.87. The van der Waals surface area contributed by atoms with Crippen molar-refractivity contribution in [2.24, 2.45) is 0 Å². The molecule has 0 aliphatic rings. The van der Waals surface area contributed by atoms with Crippen molar-refractivity contribution in [3.05, 3.63) is 11.5 Å². The molecule has 0 fully saturated rings. The number of nitrogens with one attached hydrogen (secondary N) is 1. The Bertz CT molecular complexity index is 274. The van der Waals surface area contributed by atoms with Gasteiger partial charge in [-0.05, 0) is 0 Å². The first-order valence-corrected chi connectivity index (χ1v) is 3.90. The van der Waals surface area contributed by atoms with Gasteiger partial charge in [0.05, 0.1) is 0 Å². The smallest absolute Gasteiger partial charge is 0.157 e. The van der Waals surface area contributed by atoms with Crippen LogP contribution in [0, 0.1) is 0 Å². The molecule has 0 saturated carbocycles. The third kappa shape index (κ3) is 1.58. The maximum Gasteiger partial charge on any atom is 0.157 e. The van der Waals surface area contributed by atoms with E-state index in [2.05, 4.69) is 15.3 Å². The molecule has 0 radical (unpaired) electrons. The summed E-state index contributed by atoms with van der Waals surface area (Å²) in [5.41, 5.74) is 0.754. The Morgan fingerprint density at radius 1 is 1.42 bits per heavy atom. The first kappa shape index (κ1) is 9.06. The average Bonchev–Trinajstić information content (AvgIpc) is 2.03. The molecule has 0 aliphatic heterocycles. The molecule has 0 atom stereocenters. The minimum Gasteiger partial charge on any atom is -0.383 e. The van der Waals surface area contributed by atoms with Crippen LogP contribution in [-0.4, -0.2) is 31.1 Å². The number of aromatic nitrogens is 2. The normalized spacial score (nSPS) is 9.67. The quantitative estimate of drug-likeness (QED) is 0.706. The van der Waals surface area contributed by atoms with E-state index in [0.29, 0.717) is 5.15 Å². The Kier molecular flexibility index (Phi) is 2.70. The first-order valence-electron chi connectivity index (χ1n) is 3.52. The second kappa shape index (κ2) is 3.58. The SMILES string of the molecule is CNc1c(Cl)ncnc1N(C)C. The van der Waals surface area contributed by atoms with Crippen LogP contribution < -0.4 is 10.2 Å². The highest BCUT2D eigenvalue weighted by Crippen LogP contribution is 2.26. The largest absolute Gasteiger partial charge is 0.383 e. The molecular weight excluding hydrogens is 176 g/mol. The van der Waals surface area contributed by atoms with Gasteiger partial charge in [-0.15, -0.1) is 0 Å². The highest BCUT2D eigenvalue weighted by molar-refractivity contribution is 6.32. The summed E-state index contributed by atoms with van der Waals surface area (Å²) in [6, 6.07) is 0. The zero-order valence-corrected chi connectivity index (χ0v) is 8.05. The van der Waals surface area contributed by atoms with Crippen molar-refractivity contribution < 1.29 is 0 Å². The molecule has 0 amide bonds. The van der Waals surface area contributed by atoms with Gasteiger partial charge in [0.15, 0.2) is 11.0 Å². The highest BCUT2D eigenvalue weighted by Gasteiger charge is 2.08. The molecule has 1 heterocycles. The number of hydrogen-bond acceptors (Lipinski definition) is 4. The molecule has 0 aromatic carbocycles. The van der Waals surface area contributed by atoms with Crippen LogP contribution in [0.15, 0.2) is 6.33 Å². The summed E-state index contributed by atoms with van der Waals surface area (Å²) in [4.78, 5) is 9.81. The maximum absolute atomic E-state index is 5.83. The molecule has 1 aromatic heterocycles. The van der Waals surface area contributed by atoms with Gasteiger partial charge in [0.1, 0.15) is 12.0 Å². The number of hydrogen-bond donors (Lipinski definition) is 1. The summed E-state index contributed by atoms with van der Waals surface area (Å²) in [5, 5.41) is 3.39. The monoisotopic (exact) mass is 186 g/mol. The fourth-order valence-electron chi connectivity index (χ4n) is 0.910. The van der Waals surface area contributed by atoms with E-state index in [9.17, 15) is 0 Å². The lowest BCUT2D eigenvalue weighted by atomic mass is 10.4. The molecule has 0 aliphatic carbocycles. The molecule has 4 nitrogen and oxygen atoms in total. The summed E-state index contributed by atoms with van der Waals surface area (Å²) in [5.74, 6) is 0.789. The average molecular weight is 187 g/mol. The van der Waals surface area contributed by atoms with Crippen molar-refractivity contribution in [3.63, 3.8) is 0 Å². The summed E-state index contributed by atoms with van der Waals surface area (Å²) in [6.07, 6.45) is 1.44. The minimum absolute atomic E-state index is 0.441. The number of halogens is 1. The second-order valence-electron chi connectivity index (χ2n) is 2.51. The molecule has 1 rings (SSSR count). The Balaban J connectivity index is 3.18. The van der Waals surface area contributed by atoms with Gasteiger partial charge in [0, 0.05) is 21.1 Å². The molecular formula is C7H11ClN4. The van der Waals surface area contributed by atoms with Crippen molar-refractivity contribution in [2.75, 3.05) is 31.4 Å². The Labute approximate surface area is 76.6 Å². The number of nitrogens with zero attached hydrogens (tertiary/aromatic N) is 3. The van der Waals surface area contributed by atoms with Crippen molar-refractivity contribution in [1.82, 2.24) is 9.97 Å². The maximum atomic E-state index is 5.83. The van der Waals surface area contributed by atoms with Crippen molar-refractivity contribution in [2.45, 2.75) is 0 Å². The molecule has 0 spiro atoms. The van der Waals surface area contributed by atoms with Crippen molar-refractivity contribution in [1.29, 1.82) is 0 Å². The minimum atomic E-state index is 0.441. The van der Waals surface area contributed by atoms with E-state index in [0.717, 1.165) is 11.5 Å². The summed E-state index contributed by atoms with van der Waals surface area (Å²) >= 11 is 5.83. The zero-order valence-electron chi connectivity index (χ0n) is 7.30. The lowest BCUT2D eigenvalue weighted by Gasteiger charge is -2.15. The van der Waals surface area contributed by atoms with E-state index in [1.165, 1.54) is 6.33 Å². The van der Waals surface area contributed by atoms with Crippen LogP contribution >= 0.6 is 11.6 Å². The standard InChI is InChI=1S/C7H11ClN4/c1-9-5-6(8)10-4-11-7(5)12(2)3/h4,9H,1-3H3. The fraction of sp³-hybridized carbons (Fsp3) is 0.429. The van der Waals surface area contributed by atoms with Gasteiger partial charge in [0.2, 0.25) is 0 Å². The lowest BCUT2D eigenvalue weighted by Crippen LogP contribution is -2.13. The van der Waals surface area contributed by atoms with E-state index < -0.39 is 0 Å². The third-order valence-electron chi connectivity index (χ3n) is 1.45. The van der Waals surface area contributed by atoms with Gasteiger partial charge in [0.25, 0.3) is 0 Å². The van der Waals surface area contributed by atoms with E-state index in [1.807, 2.05) is 19.0 Å². The van der Waals surface area contributed by atoms with Gasteiger partial charge in [-0.1, -0.05) is 11.6 Å². The predicted octanol–water partition coefficient (Wildman–Crippen LogP) is 1.24. The molecule has 5 heteroatoms. The van der Waals surface area contributed by atoms with Crippen LogP contribution in [-0.2, 0) is 0 Å². The Hall–Kier alpha value is -1.03. The van der Waals surface area contributed by atoms with Crippen molar-refractivity contribution in [3.8, 4) is 0 Å². The van der Waals surface area contributed by atoms with Crippen molar-refractivity contribution >= 4 is 23.1 Å². The Morgan fingerprint density at radius 3 is 2.50 bits per heavy atom. The van der Waals surface area contributed by atoms with Gasteiger partial charge in [-0.25, -0.2) is 9.97 Å². The summed E-state index contributed by atoms with van der Waals surface area (Å²) in [7, 11) is 5.59. The number of anilines is 2. The van der Waals surface area contributed by atoms with Gasteiger partial charge in [-0.2, -0.15) is 0 Å². The number of rotatable bonds is 2. The van der Waals surface area contributed by atoms with Crippen LogP contribution in [0.3, 0.4) is 0 Å². The fourth-order valence-corrected chi connectivity index (χ4v) is 1.13. The van der Waals surface area contributed by atoms with Crippen LogP contribution in [0.1, 0.15) is 0 Å². The van der Waals surface area contributed by atoms with Gasteiger partial charge < -0.3 is 10.2 Å². The predicted molar refractivity (Wildman–Crippen MR) is 50.9 cm³/mol. The highest BCUT2D eigenvalue weighted by atomic mass is 35.5. The molecule has 0 unspecified atom stereocenters. The first-order chi connectivity index (χ1) is 5.66. The van der Waals surface area contributed by atoms with E-state index in [1.54, 1.807) is 7.05 Å². The van der Waals surface area contributed by atoms with Crippen LogP contribution in [0.2, 0.25) is 5.15 Å².